The van der Waals surface area contributed by atoms with Gasteiger partial charge < -0.3 is 24.6 Å². The molecular weight excluding hydrogens is 362 g/mol. The van der Waals surface area contributed by atoms with Gasteiger partial charge in [-0.25, -0.2) is 9.59 Å². The van der Waals surface area contributed by atoms with E-state index >= 15 is 0 Å². The number of ether oxygens (including phenoxy) is 2. The lowest BCUT2D eigenvalue weighted by Crippen LogP contribution is -2.66. The summed E-state index contributed by atoms with van der Waals surface area (Å²) in [5.74, 6) is -0.150. The fourth-order valence-electron chi connectivity index (χ4n) is 4.08. The maximum absolute atomic E-state index is 12.7. The molecule has 3 amide bonds. The van der Waals surface area contributed by atoms with Crippen LogP contribution in [0.25, 0.3) is 0 Å². The van der Waals surface area contributed by atoms with Crippen molar-refractivity contribution < 1.29 is 23.9 Å². The number of piperidine rings is 1. The molecule has 0 aliphatic carbocycles. The quantitative estimate of drug-likeness (QED) is 0.735. The zero-order valence-corrected chi connectivity index (χ0v) is 18.5. The molecule has 0 saturated carbocycles. The van der Waals surface area contributed by atoms with Crippen molar-refractivity contribution in [1.82, 2.24) is 15.1 Å². The van der Waals surface area contributed by atoms with Crippen LogP contribution in [0.1, 0.15) is 61.8 Å². The van der Waals surface area contributed by atoms with Crippen molar-refractivity contribution in [1.29, 1.82) is 0 Å². The minimum absolute atomic E-state index is 0.150. The third-order valence-electron chi connectivity index (χ3n) is 5.22. The number of likely N-dealkylation sites (tertiary alicyclic amines) is 2. The molecule has 2 rings (SSSR count). The summed E-state index contributed by atoms with van der Waals surface area (Å²) >= 11 is 0. The van der Waals surface area contributed by atoms with Crippen molar-refractivity contribution in [3.8, 4) is 0 Å². The SMILES string of the molecule is CC(=O)N[C@@]12CCN(C(=O)OC(C)(C)C)C[C@]1(C)CN(C(=O)OC(C)(C)C)C2. The van der Waals surface area contributed by atoms with Gasteiger partial charge in [-0.05, 0) is 48.0 Å². The molecule has 0 aromatic rings. The fraction of sp³-hybridized carbons (Fsp3) is 0.850. The Labute approximate surface area is 167 Å². The maximum atomic E-state index is 12.7. The van der Waals surface area contributed by atoms with Crippen molar-refractivity contribution in [2.75, 3.05) is 26.2 Å². The van der Waals surface area contributed by atoms with Gasteiger partial charge >= 0.3 is 12.2 Å². The van der Waals surface area contributed by atoms with E-state index in [1.54, 1.807) is 9.80 Å². The minimum atomic E-state index is -0.603. The van der Waals surface area contributed by atoms with Gasteiger partial charge in [0.15, 0.2) is 0 Å². The summed E-state index contributed by atoms with van der Waals surface area (Å²) in [4.78, 5) is 40.5. The lowest BCUT2D eigenvalue weighted by molar-refractivity contribution is -0.123. The van der Waals surface area contributed by atoms with Gasteiger partial charge in [0.1, 0.15) is 11.2 Å². The number of amides is 3. The van der Waals surface area contributed by atoms with E-state index in [9.17, 15) is 14.4 Å². The van der Waals surface area contributed by atoms with Crippen LogP contribution in [0.2, 0.25) is 0 Å². The number of nitrogens with one attached hydrogen (secondary N) is 1. The standard InChI is InChI=1S/C20H35N3O5/c1-14(24)21-20-9-10-22(15(25)27-17(2,3)4)11-19(20,8)12-23(13-20)16(26)28-18(5,6)7/h9-13H2,1-8H3,(H,21,24)/t19-,20-/m1/s1. The third-order valence-corrected chi connectivity index (χ3v) is 5.22. The first kappa shape index (κ1) is 22.3. The molecule has 0 aromatic carbocycles. The molecule has 0 aromatic heterocycles. The first-order valence-electron chi connectivity index (χ1n) is 9.81. The highest BCUT2D eigenvalue weighted by Gasteiger charge is 2.60. The van der Waals surface area contributed by atoms with E-state index < -0.39 is 28.2 Å². The van der Waals surface area contributed by atoms with Crippen molar-refractivity contribution in [2.45, 2.75) is 78.6 Å². The molecule has 2 fully saturated rings. The van der Waals surface area contributed by atoms with Crippen molar-refractivity contribution in [2.24, 2.45) is 5.41 Å². The summed E-state index contributed by atoms with van der Waals surface area (Å²) in [6.45, 7) is 16.0. The molecule has 8 heteroatoms. The Balaban J connectivity index is 2.24. The van der Waals surface area contributed by atoms with Gasteiger partial charge in [-0.3, -0.25) is 4.79 Å². The van der Waals surface area contributed by atoms with Gasteiger partial charge in [0.05, 0.1) is 5.54 Å². The number of nitrogens with zero attached hydrogens (tertiary/aromatic N) is 2. The van der Waals surface area contributed by atoms with Crippen molar-refractivity contribution >= 4 is 18.1 Å². The van der Waals surface area contributed by atoms with Crippen LogP contribution >= 0.6 is 0 Å². The predicted molar refractivity (Wildman–Crippen MR) is 105 cm³/mol. The minimum Gasteiger partial charge on any atom is -0.444 e. The van der Waals surface area contributed by atoms with E-state index in [1.165, 1.54) is 6.92 Å². The highest BCUT2D eigenvalue weighted by atomic mass is 16.6. The lowest BCUT2D eigenvalue weighted by Gasteiger charge is -2.50. The molecule has 0 spiro atoms. The molecule has 0 unspecified atom stereocenters. The van der Waals surface area contributed by atoms with Crippen LogP contribution in [0.4, 0.5) is 9.59 Å². The predicted octanol–water partition coefficient (Wildman–Crippen LogP) is 2.76. The smallest absolute Gasteiger partial charge is 0.410 e. The molecule has 2 saturated heterocycles. The molecule has 0 radical (unpaired) electrons. The number of hydrogen-bond acceptors (Lipinski definition) is 5. The highest BCUT2D eigenvalue weighted by molar-refractivity contribution is 5.75. The second-order valence-corrected chi connectivity index (χ2v) is 10.3. The number of carbonyl (C=O) groups is 3. The van der Waals surface area contributed by atoms with Crippen LogP contribution < -0.4 is 5.32 Å². The Hall–Kier alpha value is -1.99. The normalized spacial score (nSPS) is 27.9. The van der Waals surface area contributed by atoms with Crippen LogP contribution in [-0.4, -0.2) is 70.8 Å². The van der Waals surface area contributed by atoms with Gasteiger partial charge in [0, 0.05) is 38.5 Å². The third kappa shape index (κ3) is 4.89. The monoisotopic (exact) mass is 397 g/mol. The Morgan fingerprint density at radius 1 is 0.857 bits per heavy atom. The van der Waals surface area contributed by atoms with Gasteiger partial charge in [-0.1, -0.05) is 6.92 Å². The van der Waals surface area contributed by atoms with E-state index in [4.69, 9.17) is 9.47 Å². The fourth-order valence-corrected chi connectivity index (χ4v) is 4.08. The van der Waals surface area contributed by atoms with E-state index in [2.05, 4.69) is 5.32 Å². The number of fused-ring (bicyclic) bond motifs is 1. The molecule has 2 aliphatic rings. The Morgan fingerprint density at radius 3 is 1.79 bits per heavy atom. The maximum Gasteiger partial charge on any atom is 0.410 e. The lowest BCUT2D eigenvalue weighted by atomic mass is 9.68. The molecule has 160 valence electrons. The molecule has 2 aliphatic heterocycles. The Morgan fingerprint density at radius 2 is 1.32 bits per heavy atom. The number of carbonyl (C=O) groups excluding carboxylic acids is 3. The first-order chi connectivity index (χ1) is 12.6. The van der Waals surface area contributed by atoms with Gasteiger partial charge in [-0.15, -0.1) is 0 Å². The molecule has 0 bridgehead atoms. The summed E-state index contributed by atoms with van der Waals surface area (Å²) in [6, 6.07) is 0. The summed E-state index contributed by atoms with van der Waals surface area (Å²) in [5, 5.41) is 3.09. The topological polar surface area (TPSA) is 88.2 Å². The van der Waals surface area contributed by atoms with E-state index in [0.29, 0.717) is 32.6 Å². The van der Waals surface area contributed by atoms with Crippen LogP contribution in [0.15, 0.2) is 0 Å². The molecular formula is C20H35N3O5. The van der Waals surface area contributed by atoms with Crippen LogP contribution in [0.3, 0.4) is 0 Å². The average Bonchev–Trinajstić information content (AvgIpc) is 2.75. The molecule has 2 atom stereocenters. The van der Waals surface area contributed by atoms with Crippen LogP contribution in [-0.2, 0) is 14.3 Å². The van der Waals surface area contributed by atoms with Crippen molar-refractivity contribution in [3.63, 3.8) is 0 Å². The second-order valence-electron chi connectivity index (χ2n) is 10.3. The van der Waals surface area contributed by atoms with Gasteiger partial charge in [0.25, 0.3) is 0 Å². The van der Waals surface area contributed by atoms with Gasteiger partial charge in [0.2, 0.25) is 5.91 Å². The Kier molecular flexibility index (Phi) is 5.67. The first-order valence-corrected chi connectivity index (χ1v) is 9.81. The zero-order valence-electron chi connectivity index (χ0n) is 18.5. The zero-order chi connectivity index (χ0) is 21.5. The van der Waals surface area contributed by atoms with Gasteiger partial charge in [-0.2, -0.15) is 0 Å². The average molecular weight is 398 g/mol. The molecule has 8 nitrogen and oxygen atoms in total. The summed E-state index contributed by atoms with van der Waals surface area (Å²) in [7, 11) is 0. The van der Waals surface area contributed by atoms with E-state index in [1.807, 2.05) is 48.5 Å². The summed E-state index contributed by atoms with van der Waals surface area (Å²) < 4.78 is 11.1. The number of hydrogen-bond donors (Lipinski definition) is 1. The summed E-state index contributed by atoms with van der Waals surface area (Å²) in [6.07, 6.45) is -0.237. The van der Waals surface area contributed by atoms with Crippen LogP contribution in [0.5, 0.6) is 0 Å². The largest absolute Gasteiger partial charge is 0.444 e. The van der Waals surface area contributed by atoms with Crippen molar-refractivity contribution in [3.05, 3.63) is 0 Å². The molecule has 1 N–H and O–H groups in total. The Bertz CT molecular complexity index is 651. The summed E-state index contributed by atoms with van der Waals surface area (Å²) in [5.41, 5.74) is -2.29. The molecule has 28 heavy (non-hydrogen) atoms. The second kappa shape index (κ2) is 7.12. The number of rotatable bonds is 1. The van der Waals surface area contributed by atoms with E-state index in [-0.39, 0.29) is 12.0 Å². The molecule has 2 heterocycles. The highest BCUT2D eigenvalue weighted by Crippen LogP contribution is 2.45. The van der Waals surface area contributed by atoms with E-state index in [0.717, 1.165) is 0 Å². The van der Waals surface area contributed by atoms with Crippen LogP contribution in [0, 0.1) is 5.41 Å².